The highest BCUT2D eigenvalue weighted by Gasteiger charge is 2.69. The number of ether oxygens (including phenoxy) is 1. The van der Waals surface area contributed by atoms with Crippen LogP contribution in [0.25, 0.3) is 0 Å². The summed E-state index contributed by atoms with van der Waals surface area (Å²) in [6.45, 7) is 4.70. The van der Waals surface area contributed by atoms with Crippen molar-refractivity contribution >= 4 is 5.91 Å². The molecule has 0 aromatic rings. The van der Waals surface area contributed by atoms with Crippen LogP contribution < -0.4 is 11.5 Å². The number of hydrogen-bond acceptors (Lipinski definition) is 3. The average Bonchev–Trinajstić information content (AvgIpc) is 2.16. The fourth-order valence-corrected chi connectivity index (χ4v) is 3.08. The van der Waals surface area contributed by atoms with Gasteiger partial charge in [-0.15, -0.1) is 0 Å². The van der Waals surface area contributed by atoms with E-state index in [9.17, 15) is 4.79 Å². The summed E-state index contributed by atoms with van der Waals surface area (Å²) in [5, 5.41) is 0. The van der Waals surface area contributed by atoms with E-state index in [0.717, 1.165) is 19.4 Å². The van der Waals surface area contributed by atoms with Crippen LogP contribution in [0.2, 0.25) is 0 Å². The van der Waals surface area contributed by atoms with Crippen LogP contribution >= 0.6 is 0 Å². The molecule has 3 unspecified atom stereocenters. The maximum absolute atomic E-state index is 11.4. The second-order valence-electron chi connectivity index (χ2n) is 5.00. The number of rotatable bonds is 1. The molecule has 4 N–H and O–H groups in total. The Morgan fingerprint density at radius 2 is 2.14 bits per heavy atom. The Hall–Kier alpha value is -0.610. The van der Waals surface area contributed by atoms with Crippen molar-refractivity contribution in [1.82, 2.24) is 0 Å². The normalized spacial score (nSPS) is 45.1. The lowest BCUT2D eigenvalue weighted by atomic mass is 9.46. The van der Waals surface area contributed by atoms with E-state index in [1.807, 2.05) is 13.8 Å². The monoisotopic (exact) mass is 198 g/mol. The Morgan fingerprint density at radius 1 is 1.50 bits per heavy atom. The summed E-state index contributed by atoms with van der Waals surface area (Å²) >= 11 is 0. The molecule has 1 amide bonds. The predicted octanol–water partition coefficient (Wildman–Crippen LogP) is 0.00420. The molecule has 2 fully saturated rings. The van der Waals surface area contributed by atoms with Gasteiger partial charge in [-0.25, -0.2) is 0 Å². The number of carbonyl (C=O) groups is 1. The zero-order chi connectivity index (χ0) is 10.6. The first-order valence-corrected chi connectivity index (χ1v) is 5.12. The first-order valence-electron chi connectivity index (χ1n) is 5.12. The van der Waals surface area contributed by atoms with Gasteiger partial charge in [0, 0.05) is 17.9 Å². The molecule has 4 nitrogen and oxygen atoms in total. The van der Waals surface area contributed by atoms with Crippen molar-refractivity contribution in [3.8, 4) is 0 Å². The first-order chi connectivity index (χ1) is 6.42. The zero-order valence-electron chi connectivity index (χ0n) is 8.75. The molecule has 0 radical (unpaired) electrons. The fraction of sp³-hybridized carbons (Fsp3) is 0.900. The first kappa shape index (κ1) is 9.93. The fourth-order valence-electron chi connectivity index (χ4n) is 3.08. The average molecular weight is 198 g/mol. The van der Waals surface area contributed by atoms with Crippen LogP contribution in [0.3, 0.4) is 0 Å². The lowest BCUT2D eigenvalue weighted by molar-refractivity contribution is -0.223. The van der Waals surface area contributed by atoms with Gasteiger partial charge >= 0.3 is 0 Å². The van der Waals surface area contributed by atoms with E-state index in [-0.39, 0.29) is 17.4 Å². The van der Waals surface area contributed by atoms with Crippen molar-refractivity contribution in [1.29, 1.82) is 0 Å². The molecule has 1 aliphatic carbocycles. The van der Waals surface area contributed by atoms with Crippen LogP contribution in [0, 0.1) is 11.3 Å². The van der Waals surface area contributed by atoms with Crippen LogP contribution in [0.15, 0.2) is 0 Å². The highest BCUT2D eigenvalue weighted by molar-refractivity contribution is 5.88. The van der Waals surface area contributed by atoms with E-state index >= 15 is 0 Å². The van der Waals surface area contributed by atoms with Gasteiger partial charge in [0.15, 0.2) is 0 Å². The van der Waals surface area contributed by atoms with Crippen LogP contribution in [0.5, 0.6) is 0 Å². The molecule has 2 aliphatic rings. The van der Waals surface area contributed by atoms with Gasteiger partial charge in [-0.1, -0.05) is 13.8 Å². The van der Waals surface area contributed by atoms with Gasteiger partial charge in [-0.3, -0.25) is 4.79 Å². The largest absolute Gasteiger partial charge is 0.377 e. The molecule has 14 heavy (non-hydrogen) atoms. The predicted molar refractivity (Wildman–Crippen MR) is 52.4 cm³/mol. The van der Waals surface area contributed by atoms with E-state index in [2.05, 4.69) is 0 Å². The van der Waals surface area contributed by atoms with Gasteiger partial charge in [-0.2, -0.15) is 0 Å². The molecule has 0 aromatic heterocycles. The Labute approximate surface area is 84.0 Å². The number of fused-ring (bicyclic) bond motifs is 1. The van der Waals surface area contributed by atoms with E-state index < -0.39 is 11.4 Å². The highest BCUT2D eigenvalue weighted by Crippen LogP contribution is 2.57. The SMILES string of the molecule is CC1(C)C2OCCCC2C1(N)C(N)=O. The second-order valence-corrected chi connectivity index (χ2v) is 5.00. The molecule has 4 heteroatoms. The van der Waals surface area contributed by atoms with Gasteiger partial charge in [0.2, 0.25) is 5.91 Å². The van der Waals surface area contributed by atoms with Gasteiger partial charge in [0.25, 0.3) is 0 Å². The maximum Gasteiger partial charge on any atom is 0.238 e. The van der Waals surface area contributed by atoms with Crippen molar-refractivity contribution in [2.75, 3.05) is 6.61 Å². The molecular weight excluding hydrogens is 180 g/mol. The summed E-state index contributed by atoms with van der Waals surface area (Å²) in [5.74, 6) is -0.280. The van der Waals surface area contributed by atoms with Crippen molar-refractivity contribution < 1.29 is 9.53 Å². The summed E-state index contributed by atoms with van der Waals surface area (Å²) in [5.41, 5.74) is 10.3. The molecule has 1 heterocycles. The summed E-state index contributed by atoms with van der Waals surface area (Å²) < 4.78 is 5.65. The smallest absolute Gasteiger partial charge is 0.238 e. The Morgan fingerprint density at radius 3 is 2.71 bits per heavy atom. The molecule has 1 saturated heterocycles. The molecule has 1 saturated carbocycles. The van der Waals surface area contributed by atoms with Crippen molar-refractivity contribution in [2.45, 2.75) is 38.3 Å². The van der Waals surface area contributed by atoms with E-state index in [1.165, 1.54) is 0 Å². The van der Waals surface area contributed by atoms with Gasteiger partial charge in [-0.05, 0) is 12.8 Å². The molecule has 0 spiro atoms. The number of amides is 1. The highest BCUT2D eigenvalue weighted by atomic mass is 16.5. The van der Waals surface area contributed by atoms with Gasteiger partial charge < -0.3 is 16.2 Å². The molecule has 0 aromatic carbocycles. The van der Waals surface area contributed by atoms with E-state index in [1.54, 1.807) is 0 Å². The van der Waals surface area contributed by atoms with Crippen molar-refractivity contribution in [2.24, 2.45) is 22.8 Å². The summed E-state index contributed by atoms with van der Waals surface area (Å²) in [7, 11) is 0. The number of carbonyl (C=O) groups excluding carboxylic acids is 1. The van der Waals surface area contributed by atoms with E-state index in [0.29, 0.717) is 0 Å². The molecule has 2 rings (SSSR count). The van der Waals surface area contributed by atoms with Crippen LogP contribution in [-0.2, 0) is 9.53 Å². The van der Waals surface area contributed by atoms with Gasteiger partial charge in [0.05, 0.1) is 6.10 Å². The van der Waals surface area contributed by atoms with Crippen LogP contribution in [0.4, 0.5) is 0 Å². The van der Waals surface area contributed by atoms with Crippen LogP contribution in [-0.4, -0.2) is 24.2 Å². The molecule has 1 aliphatic heterocycles. The third kappa shape index (κ3) is 0.880. The third-order valence-corrected chi connectivity index (χ3v) is 4.09. The molecule has 0 bridgehead atoms. The third-order valence-electron chi connectivity index (χ3n) is 4.09. The molecular formula is C10H18N2O2. The Kier molecular flexibility index (Phi) is 1.92. The Bertz CT molecular complexity index is 277. The topological polar surface area (TPSA) is 78.3 Å². The quantitative estimate of drug-likeness (QED) is 0.622. The van der Waals surface area contributed by atoms with Crippen LogP contribution in [0.1, 0.15) is 26.7 Å². The number of primary amides is 1. The number of nitrogens with two attached hydrogens (primary N) is 2. The van der Waals surface area contributed by atoms with E-state index in [4.69, 9.17) is 16.2 Å². The van der Waals surface area contributed by atoms with Crippen molar-refractivity contribution in [3.63, 3.8) is 0 Å². The maximum atomic E-state index is 11.4. The standard InChI is InChI=1S/C10H18N2O2/c1-9(2)7-6(4-3-5-14-7)10(9,12)8(11)13/h6-7H,3-5,12H2,1-2H3,(H2,11,13). The zero-order valence-corrected chi connectivity index (χ0v) is 8.75. The van der Waals surface area contributed by atoms with Gasteiger partial charge in [0.1, 0.15) is 5.54 Å². The second kappa shape index (κ2) is 2.70. The minimum absolute atomic E-state index is 0.105. The van der Waals surface area contributed by atoms with Crippen molar-refractivity contribution in [3.05, 3.63) is 0 Å². The minimum atomic E-state index is -0.877. The molecule has 3 atom stereocenters. The lowest BCUT2D eigenvalue weighted by Crippen LogP contribution is -2.82. The number of hydrogen-bond donors (Lipinski definition) is 2. The summed E-state index contributed by atoms with van der Waals surface area (Å²) in [6, 6.07) is 0. The summed E-state index contributed by atoms with van der Waals surface area (Å²) in [4.78, 5) is 11.4. The Balaban J connectivity index is 2.30. The lowest BCUT2D eigenvalue weighted by Gasteiger charge is -2.64. The molecule has 80 valence electrons. The summed E-state index contributed by atoms with van der Waals surface area (Å²) in [6.07, 6.45) is 2.03. The minimum Gasteiger partial charge on any atom is -0.377 e.